The minimum Gasteiger partial charge on any atom is -0.463 e. The average molecular weight is 643 g/mol. The summed E-state index contributed by atoms with van der Waals surface area (Å²) in [5, 5.41) is 12.7. The van der Waals surface area contributed by atoms with Gasteiger partial charge < -0.3 is 20.1 Å². The van der Waals surface area contributed by atoms with E-state index in [1.165, 1.54) is 0 Å². The molecule has 3 rings (SSSR count). The van der Waals surface area contributed by atoms with Crippen LogP contribution in [-0.2, 0) is 37.8 Å². The van der Waals surface area contributed by atoms with E-state index in [1.807, 2.05) is 91.0 Å². The molecule has 7 nitrogen and oxygen atoms in total. The zero-order chi connectivity index (χ0) is 33.0. The second-order valence-corrected chi connectivity index (χ2v) is 12.2. The maximum absolute atomic E-state index is 13.6. The number of thioether (sulfide) groups is 1. The minimum atomic E-state index is -0.661. The van der Waals surface area contributed by atoms with E-state index in [0.29, 0.717) is 31.6 Å². The van der Waals surface area contributed by atoms with Crippen LogP contribution in [0.5, 0.6) is 0 Å². The number of rotatable bonds is 21. The lowest BCUT2D eigenvalue weighted by molar-refractivity contribution is -0.149. The summed E-state index contributed by atoms with van der Waals surface area (Å²) in [6.45, 7) is 7.95. The Labute approximate surface area is 277 Å². The Kier molecular flexibility index (Phi) is 16.4. The normalized spacial score (nSPS) is 12.7. The van der Waals surface area contributed by atoms with E-state index in [0.717, 1.165) is 22.4 Å². The first-order chi connectivity index (χ1) is 22.4. The molecule has 0 bridgehead atoms. The molecule has 0 aliphatic heterocycles. The van der Waals surface area contributed by atoms with Crippen LogP contribution < -0.4 is 5.32 Å². The van der Waals surface area contributed by atoms with Gasteiger partial charge in [-0.1, -0.05) is 103 Å². The van der Waals surface area contributed by atoms with E-state index in [1.54, 1.807) is 28.8 Å². The maximum Gasteiger partial charge on any atom is 0.309 e. The lowest BCUT2D eigenvalue weighted by Gasteiger charge is -2.26. The zero-order valence-corrected chi connectivity index (χ0v) is 27.3. The summed E-state index contributed by atoms with van der Waals surface area (Å²) < 4.78 is 5.81. The predicted octanol–water partition coefficient (Wildman–Crippen LogP) is 5.99. The molecule has 3 atom stereocenters. The average Bonchev–Trinajstić information content (AvgIpc) is 3.07. The SMILES string of the molecule is C=CC[C@H](CC(=O)N(CCO)Cc1ccccc1)C(=O)N[C@H](COC(=O)[C@@H](CC=C)Cc1ccccc1)CSCc1ccccc1. The number of aliphatic hydroxyl groups excluding tert-OH is 1. The first-order valence-corrected chi connectivity index (χ1v) is 16.9. The first kappa shape index (κ1) is 36.3. The first-order valence-electron chi connectivity index (χ1n) is 15.7. The topological polar surface area (TPSA) is 95.9 Å². The van der Waals surface area contributed by atoms with Crippen molar-refractivity contribution in [2.45, 2.75) is 44.0 Å². The summed E-state index contributed by atoms with van der Waals surface area (Å²) in [7, 11) is 0. The van der Waals surface area contributed by atoms with Gasteiger partial charge in [-0.2, -0.15) is 11.8 Å². The number of allylic oxidation sites excluding steroid dienone is 2. The molecule has 46 heavy (non-hydrogen) atoms. The van der Waals surface area contributed by atoms with Crippen molar-refractivity contribution in [2.75, 3.05) is 25.5 Å². The smallest absolute Gasteiger partial charge is 0.309 e. The number of carbonyl (C=O) groups is 3. The molecule has 0 aromatic heterocycles. The van der Waals surface area contributed by atoms with Crippen LogP contribution in [-0.4, -0.2) is 59.3 Å². The third kappa shape index (κ3) is 13.1. The molecule has 2 N–H and O–H groups in total. The summed E-state index contributed by atoms with van der Waals surface area (Å²) in [5.74, 6) is -0.669. The van der Waals surface area contributed by atoms with Crippen molar-refractivity contribution in [1.82, 2.24) is 10.2 Å². The van der Waals surface area contributed by atoms with Gasteiger partial charge in [0, 0.05) is 31.0 Å². The number of carbonyl (C=O) groups excluding carboxylic acids is 3. The summed E-state index contributed by atoms with van der Waals surface area (Å²) in [6, 6.07) is 28.9. The van der Waals surface area contributed by atoms with E-state index < -0.39 is 12.0 Å². The van der Waals surface area contributed by atoms with Gasteiger partial charge in [0.05, 0.1) is 24.5 Å². The molecule has 0 fully saturated rings. The second-order valence-electron chi connectivity index (χ2n) is 11.2. The van der Waals surface area contributed by atoms with Gasteiger partial charge in [0.25, 0.3) is 0 Å². The third-order valence-electron chi connectivity index (χ3n) is 7.50. The predicted molar refractivity (Wildman–Crippen MR) is 186 cm³/mol. The van der Waals surface area contributed by atoms with E-state index in [-0.39, 0.29) is 49.9 Å². The number of aliphatic hydroxyl groups is 1. The highest BCUT2D eigenvalue weighted by molar-refractivity contribution is 7.98. The molecule has 0 heterocycles. The molecule has 3 aromatic rings. The number of nitrogens with one attached hydrogen (secondary N) is 1. The Morgan fingerprint density at radius 2 is 1.39 bits per heavy atom. The fraction of sp³-hybridized carbons (Fsp3) is 0.342. The van der Waals surface area contributed by atoms with Crippen LogP contribution in [0.25, 0.3) is 0 Å². The van der Waals surface area contributed by atoms with Gasteiger partial charge in [0.1, 0.15) is 6.61 Å². The van der Waals surface area contributed by atoms with Crippen LogP contribution in [0.3, 0.4) is 0 Å². The zero-order valence-electron chi connectivity index (χ0n) is 26.5. The Bertz CT molecular complexity index is 1350. The van der Waals surface area contributed by atoms with E-state index in [4.69, 9.17) is 4.74 Å². The molecule has 244 valence electrons. The standard InChI is InChI=1S/C38H46N2O5S/c1-3-14-33(25-36(42)40(22-23-41)26-31-18-10-6-11-19-31)37(43)39-35(29-46-28-32-20-12-7-13-21-32)27-45-38(44)34(15-4-2)24-30-16-8-5-9-17-30/h3-13,16-21,33-35,41H,1-2,14-15,22-29H2,(H,39,43)/t33-,34+,35-/m1/s1. The summed E-state index contributed by atoms with van der Waals surface area (Å²) in [4.78, 5) is 41.8. The van der Waals surface area contributed by atoms with Gasteiger partial charge in [-0.3, -0.25) is 14.4 Å². The van der Waals surface area contributed by atoms with Gasteiger partial charge >= 0.3 is 5.97 Å². The van der Waals surface area contributed by atoms with Crippen LogP contribution in [0.15, 0.2) is 116 Å². The van der Waals surface area contributed by atoms with Crippen LogP contribution in [0, 0.1) is 11.8 Å². The van der Waals surface area contributed by atoms with Gasteiger partial charge in [-0.25, -0.2) is 0 Å². The highest BCUT2D eigenvalue weighted by Gasteiger charge is 2.27. The summed E-state index contributed by atoms with van der Waals surface area (Å²) in [5.41, 5.74) is 3.13. The van der Waals surface area contributed by atoms with Gasteiger partial charge in [0.15, 0.2) is 0 Å². The van der Waals surface area contributed by atoms with Crippen LogP contribution in [0.4, 0.5) is 0 Å². The number of nitrogens with zero attached hydrogens (tertiary/aromatic N) is 1. The minimum absolute atomic E-state index is 0.00813. The Hall–Kier alpha value is -4.14. The molecule has 3 aromatic carbocycles. The molecule has 2 amide bonds. The van der Waals surface area contributed by atoms with Crippen LogP contribution in [0.2, 0.25) is 0 Å². The van der Waals surface area contributed by atoms with Gasteiger partial charge in [-0.15, -0.1) is 13.2 Å². The number of hydrogen-bond donors (Lipinski definition) is 2. The Morgan fingerprint density at radius 1 is 0.826 bits per heavy atom. The highest BCUT2D eigenvalue weighted by Crippen LogP contribution is 2.19. The summed E-state index contributed by atoms with van der Waals surface area (Å²) in [6.07, 6.45) is 4.63. The van der Waals surface area contributed by atoms with Crippen molar-refractivity contribution < 1.29 is 24.2 Å². The van der Waals surface area contributed by atoms with Crippen molar-refractivity contribution in [3.63, 3.8) is 0 Å². The highest BCUT2D eigenvalue weighted by atomic mass is 32.2. The maximum atomic E-state index is 13.6. The molecule has 0 spiro atoms. The molecular formula is C38H46N2O5S. The van der Waals surface area contributed by atoms with Crippen molar-refractivity contribution in [2.24, 2.45) is 11.8 Å². The molecule has 8 heteroatoms. The van der Waals surface area contributed by atoms with Crippen molar-refractivity contribution >= 4 is 29.5 Å². The Balaban J connectivity index is 1.68. The number of hydrogen-bond acceptors (Lipinski definition) is 6. The van der Waals surface area contributed by atoms with Crippen molar-refractivity contribution in [3.05, 3.63) is 133 Å². The van der Waals surface area contributed by atoms with Crippen LogP contribution in [0.1, 0.15) is 36.0 Å². The molecule has 0 radical (unpaired) electrons. The largest absolute Gasteiger partial charge is 0.463 e. The number of esters is 1. The van der Waals surface area contributed by atoms with E-state index >= 15 is 0 Å². The lowest BCUT2D eigenvalue weighted by atomic mass is 9.96. The molecule has 0 unspecified atom stereocenters. The molecule has 0 aliphatic carbocycles. The van der Waals surface area contributed by atoms with Crippen LogP contribution >= 0.6 is 11.8 Å². The molecule has 0 aliphatic rings. The molecular weight excluding hydrogens is 596 g/mol. The Morgan fingerprint density at radius 3 is 1.98 bits per heavy atom. The number of amides is 2. The number of benzene rings is 3. The quantitative estimate of drug-likeness (QED) is 0.110. The second kappa shape index (κ2) is 20.8. The van der Waals surface area contributed by atoms with E-state index in [2.05, 4.69) is 18.5 Å². The molecule has 0 saturated carbocycles. The number of ether oxygens (including phenoxy) is 1. The summed E-state index contributed by atoms with van der Waals surface area (Å²) >= 11 is 1.64. The van der Waals surface area contributed by atoms with E-state index in [9.17, 15) is 19.5 Å². The van der Waals surface area contributed by atoms with Crippen molar-refractivity contribution in [3.8, 4) is 0 Å². The van der Waals surface area contributed by atoms with Crippen molar-refractivity contribution in [1.29, 1.82) is 0 Å². The van der Waals surface area contributed by atoms with Gasteiger partial charge in [0.2, 0.25) is 11.8 Å². The molecule has 0 saturated heterocycles. The van der Waals surface area contributed by atoms with Gasteiger partial charge in [-0.05, 0) is 36.0 Å². The fourth-order valence-corrected chi connectivity index (χ4v) is 6.06. The lowest BCUT2D eigenvalue weighted by Crippen LogP contribution is -2.45. The monoisotopic (exact) mass is 642 g/mol. The fourth-order valence-electron chi connectivity index (χ4n) is 5.05. The third-order valence-corrected chi connectivity index (χ3v) is 8.67.